The Morgan fingerprint density at radius 2 is 2.24 bits per heavy atom. The zero-order valence-corrected chi connectivity index (χ0v) is 11.6. The molecule has 1 aliphatic heterocycles. The van der Waals surface area contributed by atoms with Crippen LogP contribution < -0.4 is 4.74 Å². The molecular weight excluding hydrogens is 333 g/mol. The predicted octanol–water partition coefficient (Wildman–Crippen LogP) is 2.06. The molecule has 4 nitrogen and oxygen atoms in total. The summed E-state index contributed by atoms with van der Waals surface area (Å²) in [4.78, 5) is 24.9. The first-order chi connectivity index (χ1) is 8.13. The summed E-state index contributed by atoms with van der Waals surface area (Å²) >= 11 is 2.11. The van der Waals surface area contributed by atoms with E-state index in [9.17, 15) is 9.59 Å². The Labute approximate surface area is 113 Å². The van der Waals surface area contributed by atoms with Crippen molar-refractivity contribution in [2.24, 2.45) is 0 Å². The highest BCUT2D eigenvalue weighted by Gasteiger charge is 2.27. The molecule has 0 unspecified atom stereocenters. The molecule has 1 heterocycles. The number of nitrogens with zero attached hydrogens (tertiary/aromatic N) is 1. The highest BCUT2D eigenvalue weighted by Crippen LogP contribution is 2.23. The van der Waals surface area contributed by atoms with E-state index in [2.05, 4.69) is 22.6 Å². The van der Waals surface area contributed by atoms with Gasteiger partial charge in [-0.3, -0.25) is 14.5 Å². The zero-order valence-electron chi connectivity index (χ0n) is 9.40. The largest absolute Gasteiger partial charge is 0.496 e. The molecule has 1 aromatic carbocycles. The standard InChI is InChI=1S/C12H12INO3/c1-17-10-5-4-8(7-9(10)13)12(16)14-6-2-3-11(14)15/h4-5,7H,2-3,6H2,1H3. The third-order valence-corrected chi connectivity index (χ3v) is 3.56. The van der Waals surface area contributed by atoms with Crippen LogP contribution in [0.4, 0.5) is 0 Å². The Kier molecular flexibility index (Phi) is 3.66. The van der Waals surface area contributed by atoms with Crippen molar-refractivity contribution < 1.29 is 14.3 Å². The number of hydrogen-bond acceptors (Lipinski definition) is 3. The summed E-state index contributed by atoms with van der Waals surface area (Å²) in [5.74, 6) is 0.434. The number of amides is 2. The molecule has 2 amide bonds. The Hall–Kier alpha value is -1.11. The summed E-state index contributed by atoms with van der Waals surface area (Å²) < 4.78 is 5.99. The third-order valence-electron chi connectivity index (χ3n) is 2.72. The van der Waals surface area contributed by atoms with Gasteiger partial charge in [0, 0.05) is 18.5 Å². The number of likely N-dealkylation sites (tertiary alicyclic amines) is 1. The number of carbonyl (C=O) groups is 2. The summed E-state index contributed by atoms with van der Waals surface area (Å²) in [5, 5.41) is 0. The second-order valence-corrected chi connectivity index (χ2v) is 4.97. The van der Waals surface area contributed by atoms with Gasteiger partial charge in [-0.2, -0.15) is 0 Å². The van der Waals surface area contributed by atoms with Gasteiger partial charge in [0.25, 0.3) is 5.91 Å². The van der Waals surface area contributed by atoms with Gasteiger partial charge in [-0.25, -0.2) is 0 Å². The normalized spacial score (nSPS) is 15.2. The SMILES string of the molecule is COc1ccc(C(=O)N2CCCC2=O)cc1I. The molecule has 0 aliphatic carbocycles. The Morgan fingerprint density at radius 1 is 1.47 bits per heavy atom. The number of ether oxygens (including phenoxy) is 1. The maximum absolute atomic E-state index is 12.1. The van der Waals surface area contributed by atoms with Gasteiger partial charge in [0.1, 0.15) is 5.75 Å². The lowest BCUT2D eigenvalue weighted by Crippen LogP contribution is -2.31. The Morgan fingerprint density at radius 3 is 2.76 bits per heavy atom. The molecule has 1 saturated heterocycles. The van der Waals surface area contributed by atoms with Crippen molar-refractivity contribution in [3.63, 3.8) is 0 Å². The average Bonchev–Trinajstić information content (AvgIpc) is 2.74. The maximum Gasteiger partial charge on any atom is 0.260 e. The molecule has 1 aromatic rings. The molecular formula is C12H12INO3. The number of benzene rings is 1. The van der Waals surface area contributed by atoms with E-state index in [1.54, 1.807) is 25.3 Å². The third kappa shape index (κ3) is 2.43. The second kappa shape index (κ2) is 5.03. The van der Waals surface area contributed by atoms with Crippen molar-refractivity contribution >= 4 is 34.4 Å². The monoisotopic (exact) mass is 345 g/mol. The quantitative estimate of drug-likeness (QED) is 0.609. The van der Waals surface area contributed by atoms with Crippen LogP contribution in [0.15, 0.2) is 18.2 Å². The van der Waals surface area contributed by atoms with Crippen LogP contribution in [0.2, 0.25) is 0 Å². The Balaban J connectivity index is 2.25. The molecule has 0 bridgehead atoms. The van der Waals surface area contributed by atoms with E-state index in [0.717, 1.165) is 15.7 Å². The predicted molar refractivity (Wildman–Crippen MR) is 71.0 cm³/mol. The zero-order chi connectivity index (χ0) is 12.4. The molecule has 0 N–H and O–H groups in total. The summed E-state index contributed by atoms with van der Waals surface area (Å²) in [7, 11) is 1.59. The number of methoxy groups -OCH3 is 1. The first kappa shape index (κ1) is 12.3. The van der Waals surface area contributed by atoms with Crippen LogP contribution in [0, 0.1) is 3.57 Å². The fourth-order valence-electron chi connectivity index (χ4n) is 1.82. The summed E-state index contributed by atoms with van der Waals surface area (Å²) in [5.41, 5.74) is 0.533. The van der Waals surface area contributed by atoms with Crippen LogP contribution >= 0.6 is 22.6 Å². The van der Waals surface area contributed by atoms with Crippen molar-refractivity contribution in [2.75, 3.05) is 13.7 Å². The number of hydrogen-bond donors (Lipinski definition) is 0. The number of rotatable bonds is 2. The molecule has 90 valence electrons. The van der Waals surface area contributed by atoms with Crippen molar-refractivity contribution in [3.05, 3.63) is 27.3 Å². The highest BCUT2D eigenvalue weighted by atomic mass is 127. The number of halogens is 1. The van der Waals surface area contributed by atoms with Crippen molar-refractivity contribution in [1.29, 1.82) is 0 Å². The van der Waals surface area contributed by atoms with Gasteiger partial charge in [0.2, 0.25) is 5.91 Å². The van der Waals surface area contributed by atoms with Gasteiger partial charge in [0.15, 0.2) is 0 Å². The minimum atomic E-state index is -0.215. The molecule has 0 radical (unpaired) electrons. The van der Waals surface area contributed by atoms with Crippen molar-refractivity contribution in [3.8, 4) is 5.75 Å². The summed E-state index contributed by atoms with van der Waals surface area (Å²) in [6.45, 7) is 0.528. The van der Waals surface area contributed by atoms with Gasteiger partial charge < -0.3 is 4.74 Å². The van der Waals surface area contributed by atoms with Crippen LogP contribution in [0.5, 0.6) is 5.75 Å². The van der Waals surface area contributed by atoms with Gasteiger partial charge in [-0.15, -0.1) is 0 Å². The second-order valence-electron chi connectivity index (χ2n) is 3.80. The van der Waals surface area contributed by atoms with Crippen molar-refractivity contribution in [1.82, 2.24) is 4.90 Å². The average molecular weight is 345 g/mol. The molecule has 0 atom stereocenters. The molecule has 0 saturated carbocycles. The van der Waals surface area contributed by atoms with E-state index in [-0.39, 0.29) is 11.8 Å². The van der Waals surface area contributed by atoms with E-state index in [1.165, 1.54) is 4.90 Å². The van der Waals surface area contributed by atoms with Crippen LogP contribution in [-0.4, -0.2) is 30.4 Å². The van der Waals surface area contributed by atoms with E-state index in [0.29, 0.717) is 18.5 Å². The Bertz CT molecular complexity index is 473. The van der Waals surface area contributed by atoms with E-state index in [1.807, 2.05) is 0 Å². The van der Waals surface area contributed by atoms with Crippen LogP contribution in [0.1, 0.15) is 23.2 Å². The molecule has 17 heavy (non-hydrogen) atoms. The molecule has 1 fully saturated rings. The fraction of sp³-hybridized carbons (Fsp3) is 0.333. The minimum absolute atomic E-state index is 0.0826. The molecule has 0 aromatic heterocycles. The van der Waals surface area contributed by atoms with Crippen LogP contribution in [0.25, 0.3) is 0 Å². The van der Waals surface area contributed by atoms with Gasteiger partial charge in [0.05, 0.1) is 10.7 Å². The van der Waals surface area contributed by atoms with Gasteiger partial charge >= 0.3 is 0 Å². The smallest absolute Gasteiger partial charge is 0.260 e. The first-order valence-electron chi connectivity index (χ1n) is 5.31. The first-order valence-corrected chi connectivity index (χ1v) is 6.39. The lowest BCUT2D eigenvalue weighted by atomic mass is 10.2. The van der Waals surface area contributed by atoms with Crippen LogP contribution in [0.3, 0.4) is 0 Å². The van der Waals surface area contributed by atoms with Gasteiger partial charge in [-0.1, -0.05) is 0 Å². The molecule has 5 heteroatoms. The lowest BCUT2D eigenvalue weighted by Gasteiger charge is -2.14. The fourth-order valence-corrected chi connectivity index (χ4v) is 2.55. The highest BCUT2D eigenvalue weighted by molar-refractivity contribution is 14.1. The summed E-state index contributed by atoms with van der Waals surface area (Å²) in [6, 6.07) is 5.18. The van der Waals surface area contributed by atoms with Crippen LogP contribution in [-0.2, 0) is 4.79 Å². The van der Waals surface area contributed by atoms with Gasteiger partial charge in [-0.05, 0) is 47.2 Å². The lowest BCUT2D eigenvalue weighted by molar-refractivity contribution is -0.125. The molecule has 2 rings (SSSR count). The van der Waals surface area contributed by atoms with E-state index >= 15 is 0 Å². The van der Waals surface area contributed by atoms with E-state index in [4.69, 9.17) is 4.74 Å². The van der Waals surface area contributed by atoms with E-state index < -0.39 is 0 Å². The topological polar surface area (TPSA) is 46.6 Å². The number of carbonyl (C=O) groups excluding carboxylic acids is 2. The minimum Gasteiger partial charge on any atom is -0.496 e. The molecule has 1 aliphatic rings. The maximum atomic E-state index is 12.1. The number of imide groups is 1. The van der Waals surface area contributed by atoms with Crippen molar-refractivity contribution in [2.45, 2.75) is 12.8 Å². The molecule has 0 spiro atoms. The summed E-state index contributed by atoms with van der Waals surface area (Å²) in [6.07, 6.45) is 1.23.